The van der Waals surface area contributed by atoms with Crippen molar-refractivity contribution in [2.75, 3.05) is 18.9 Å². The number of alkyl halides is 1. The first kappa shape index (κ1) is 16.9. The van der Waals surface area contributed by atoms with E-state index in [4.69, 9.17) is 5.11 Å². The van der Waals surface area contributed by atoms with E-state index in [0.717, 1.165) is 0 Å². The van der Waals surface area contributed by atoms with Crippen LogP contribution < -0.4 is 0 Å². The van der Waals surface area contributed by atoms with Crippen LogP contribution in [0.5, 0.6) is 0 Å². The summed E-state index contributed by atoms with van der Waals surface area (Å²) in [6.07, 6.45) is 0.866. The van der Waals surface area contributed by atoms with Gasteiger partial charge in [0.25, 0.3) is 5.91 Å². The van der Waals surface area contributed by atoms with Crippen molar-refractivity contribution in [3.63, 3.8) is 0 Å². The first-order valence-corrected chi connectivity index (χ1v) is 7.59. The number of carboxylic acid groups (broad SMARTS) is 1. The number of nitrogens with zero attached hydrogens (tertiary/aromatic N) is 2. The molecule has 0 spiro atoms. The second kappa shape index (κ2) is 5.71. The molecule has 0 radical (unpaired) electrons. The van der Waals surface area contributed by atoms with Crippen LogP contribution >= 0.6 is 15.9 Å². The summed E-state index contributed by atoms with van der Waals surface area (Å²) >= 11 is 3.20. The summed E-state index contributed by atoms with van der Waals surface area (Å²) in [5.74, 6) is -1.12. The predicted octanol–water partition coefficient (Wildman–Crippen LogP) is 1.93. The Balaban J connectivity index is 2.66. The number of aliphatic carboxylic acids is 1. The molecule has 0 aromatic heterocycles. The lowest BCUT2D eigenvalue weighted by molar-refractivity contribution is -0.146. The highest BCUT2D eigenvalue weighted by atomic mass is 79.9. The number of carboxylic acids is 1. The Hall–Kier alpha value is -1.11. The summed E-state index contributed by atoms with van der Waals surface area (Å²) in [7, 11) is 1.60. The van der Waals surface area contributed by atoms with Gasteiger partial charge >= 0.3 is 12.0 Å². The van der Waals surface area contributed by atoms with Crippen molar-refractivity contribution in [1.29, 1.82) is 0 Å². The van der Waals surface area contributed by atoms with Crippen LogP contribution in [0.1, 0.15) is 33.6 Å². The van der Waals surface area contributed by atoms with Crippen LogP contribution in [0.25, 0.3) is 0 Å². The summed E-state index contributed by atoms with van der Waals surface area (Å²) in [5.41, 5.74) is -1.71. The van der Waals surface area contributed by atoms with Crippen LogP contribution in [0.4, 0.5) is 4.79 Å². The van der Waals surface area contributed by atoms with Crippen LogP contribution in [0, 0.1) is 5.41 Å². The second-order valence-corrected chi connectivity index (χ2v) is 6.52. The minimum Gasteiger partial charge on any atom is -0.481 e. The maximum atomic E-state index is 12.1. The number of likely N-dealkylation sites (N-methyl/N-ethyl adjacent to an activating group) is 1. The number of carbonyl (C=O) groups excluding carboxylic acids is 2. The molecular weight excluding hydrogens is 328 g/mol. The molecule has 0 saturated carbocycles. The topological polar surface area (TPSA) is 77.9 Å². The number of hydrogen-bond donors (Lipinski definition) is 1. The molecule has 1 saturated heterocycles. The highest BCUT2D eigenvalue weighted by molar-refractivity contribution is 9.09. The van der Waals surface area contributed by atoms with E-state index in [1.165, 1.54) is 9.80 Å². The fourth-order valence-corrected chi connectivity index (χ4v) is 2.56. The van der Waals surface area contributed by atoms with Gasteiger partial charge < -0.3 is 10.0 Å². The van der Waals surface area contributed by atoms with E-state index in [-0.39, 0.29) is 18.5 Å². The predicted molar refractivity (Wildman–Crippen MR) is 77.7 cm³/mol. The van der Waals surface area contributed by atoms with Gasteiger partial charge in [-0.05, 0) is 33.6 Å². The molecular formula is C13H21BrN2O4. The third-order valence-corrected chi connectivity index (χ3v) is 5.28. The van der Waals surface area contributed by atoms with E-state index in [1.54, 1.807) is 27.8 Å². The SMILES string of the molecule is CN1C(=O)N(CCCC(C)(CBr)C(=O)O)C(=O)C1(C)C. The Morgan fingerprint density at radius 2 is 1.95 bits per heavy atom. The number of imide groups is 1. The van der Waals surface area contributed by atoms with Gasteiger partial charge in [0, 0.05) is 18.9 Å². The van der Waals surface area contributed by atoms with E-state index in [2.05, 4.69) is 15.9 Å². The largest absolute Gasteiger partial charge is 0.481 e. The quantitative estimate of drug-likeness (QED) is 0.587. The molecule has 0 aliphatic carbocycles. The highest BCUT2D eigenvalue weighted by Crippen LogP contribution is 2.29. The molecule has 1 atom stereocenters. The number of hydrogen-bond acceptors (Lipinski definition) is 3. The maximum Gasteiger partial charge on any atom is 0.327 e. The Labute approximate surface area is 127 Å². The van der Waals surface area contributed by atoms with Crippen LogP contribution in [0.2, 0.25) is 0 Å². The minimum atomic E-state index is -0.883. The summed E-state index contributed by atoms with van der Waals surface area (Å²) < 4.78 is 0. The molecule has 114 valence electrons. The lowest BCUT2D eigenvalue weighted by atomic mass is 9.88. The van der Waals surface area contributed by atoms with E-state index in [9.17, 15) is 14.4 Å². The van der Waals surface area contributed by atoms with Gasteiger partial charge in [-0.15, -0.1) is 0 Å². The number of carbonyl (C=O) groups is 3. The standard InChI is InChI=1S/C13H21BrN2O4/c1-12(2)9(17)16(11(20)15(12)4)7-5-6-13(3,8-14)10(18)19/h5-8H2,1-4H3,(H,18,19). The van der Waals surface area contributed by atoms with Crippen LogP contribution in [0.15, 0.2) is 0 Å². The number of rotatable bonds is 6. The molecule has 6 nitrogen and oxygen atoms in total. The number of amides is 3. The lowest BCUT2D eigenvalue weighted by Gasteiger charge is -2.23. The van der Waals surface area contributed by atoms with Crippen molar-refractivity contribution < 1.29 is 19.5 Å². The Morgan fingerprint density at radius 1 is 1.40 bits per heavy atom. The van der Waals surface area contributed by atoms with E-state index in [0.29, 0.717) is 18.2 Å². The van der Waals surface area contributed by atoms with Gasteiger partial charge in [0.05, 0.1) is 5.41 Å². The lowest BCUT2D eigenvalue weighted by Crippen LogP contribution is -2.41. The zero-order valence-electron chi connectivity index (χ0n) is 12.3. The molecule has 1 aliphatic rings. The van der Waals surface area contributed by atoms with Gasteiger partial charge in [0.15, 0.2) is 0 Å². The first-order valence-electron chi connectivity index (χ1n) is 6.47. The molecule has 1 unspecified atom stereocenters. The van der Waals surface area contributed by atoms with Crippen LogP contribution in [-0.4, -0.2) is 57.3 Å². The molecule has 1 N–H and O–H groups in total. The summed E-state index contributed by atoms with van der Waals surface area (Å²) in [4.78, 5) is 37.9. The molecule has 20 heavy (non-hydrogen) atoms. The maximum absolute atomic E-state index is 12.1. The Bertz CT molecular complexity index is 438. The number of urea groups is 1. The van der Waals surface area contributed by atoms with Crippen molar-refractivity contribution in [2.24, 2.45) is 5.41 Å². The molecule has 1 heterocycles. The second-order valence-electron chi connectivity index (χ2n) is 5.96. The first-order chi connectivity index (χ1) is 9.08. The number of halogens is 1. The van der Waals surface area contributed by atoms with E-state index < -0.39 is 16.9 Å². The zero-order valence-corrected chi connectivity index (χ0v) is 13.9. The van der Waals surface area contributed by atoms with Gasteiger partial charge in [-0.1, -0.05) is 15.9 Å². The summed E-state index contributed by atoms with van der Waals surface area (Å²) in [5, 5.41) is 9.50. The van der Waals surface area contributed by atoms with Crippen molar-refractivity contribution in [3.05, 3.63) is 0 Å². The average molecular weight is 349 g/mol. The van der Waals surface area contributed by atoms with Crippen molar-refractivity contribution >= 4 is 33.8 Å². The molecule has 0 aromatic rings. The fraction of sp³-hybridized carbons (Fsp3) is 0.769. The van der Waals surface area contributed by atoms with Crippen LogP contribution in [0.3, 0.4) is 0 Å². The molecule has 1 rings (SSSR count). The van der Waals surface area contributed by atoms with Crippen molar-refractivity contribution in [1.82, 2.24) is 9.80 Å². The molecule has 3 amide bonds. The molecule has 0 aromatic carbocycles. The fourth-order valence-electron chi connectivity index (χ4n) is 2.04. The van der Waals surface area contributed by atoms with E-state index in [1.807, 2.05) is 0 Å². The third-order valence-electron chi connectivity index (χ3n) is 4.05. The normalized spacial score (nSPS) is 21.2. The molecule has 0 bridgehead atoms. The van der Waals surface area contributed by atoms with Gasteiger partial charge in [-0.25, -0.2) is 4.79 Å². The zero-order chi connectivity index (χ0) is 15.7. The van der Waals surface area contributed by atoms with Crippen LogP contribution in [-0.2, 0) is 9.59 Å². The van der Waals surface area contributed by atoms with Gasteiger partial charge in [-0.3, -0.25) is 14.5 Å². The van der Waals surface area contributed by atoms with Gasteiger partial charge in [-0.2, -0.15) is 0 Å². The Morgan fingerprint density at radius 3 is 2.30 bits per heavy atom. The van der Waals surface area contributed by atoms with Crippen molar-refractivity contribution in [2.45, 2.75) is 39.2 Å². The summed E-state index contributed by atoms with van der Waals surface area (Å²) in [6.45, 7) is 5.30. The van der Waals surface area contributed by atoms with Crippen molar-refractivity contribution in [3.8, 4) is 0 Å². The third kappa shape index (κ3) is 2.82. The van der Waals surface area contributed by atoms with Gasteiger partial charge in [0.1, 0.15) is 5.54 Å². The smallest absolute Gasteiger partial charge is 0.327 e. The monoisotopic (exact) mass is 348 g/mol. The van der Waals surface area contributed by atoms with E-state index >= 15 is 0 Å². The van der Waals surface area contributed by atoms with Gasteiger partial charge in [0.2, 0.25) is 0 Å². The highest BCUT2D eigenvalue weighted by Gasteiger charge is 2.49. The summed E-state index contributed by atoms with van der Waals surface area (Å²) in [6, 6.07) is -0.323. The minimum absolute atomic E-state index is 0.235. The molecule has 7 heteroatoms. The molecule has 1 fully saturated rings. The molecule has 1 aliphatic heterocycles. The Kier molecular flexibility index (Phi) is 4.84. The average Bonchev–Trinajstić information content (AvgIpc) is 2.53.